The highest BCUT2D eigenvalue weighted by Gasteiger charge is 2.36. The van der Waals surface area contributed by atoms with Crippen LogP contribution in [0.25, 0.3) is 11.6 Å². The van der Waals surface area contributed by atoms with Crippen molar-refractivity contribution in [1.29, 1.82) is 5.26 Å². The fourth-order valence-corrected chi connectivity index (χ4v) is 3.75. The molecule has 0 radical (unpaired) electrons. The van der Waals surface area contributed by atoms with E-state index in [4.69, 9.17) is 21.2 Å². The number of hydrogen-bond donors (Lipinski definition) is 1. The largest absolute Gasteiger partial charge is 0.388 e. The highest BCUT2D eigenvalue weighted by Crippen LogP contribution is 2.37. The topological polar surface area (TPSA) is 112 Å². The standard InChI is InChI=1S/C20H18ClFN6O2/c21-15-2-1-14(22)9-13(15)10-20(12-23)5-7-28(8-6-20)18-4-3-16(25-26-18)19-24-17(11-29)27-30-19/h1-4,9,29H,5-8,10-11H2. The van der Waals surface area contributed by atoms with Crippen molar-refractivity contribution in [3.63, 3.8) is 0 Å². The summed E-state index contributed by atoms with van der Waals surface area (Å²) < 4.78 is 18.6. The fraction of sp³-hybridized carbons (Fsp3) is 0.350. The van der Waals surface area contributed by atoms with Crippen LogP contribution in [-0.2, 0) is 13.0 Å². The third-order valence-electron chi connectivity index (χ3n) is 5.30. The molecular formula is C20H18ClFN6O2. The highest BCUT2D eigenvalue weighted by molar-refractivity contribution is 6.31. The van der Waals surface area contributed by atoms with E-state index in [1.807, 2.05) is 4.90 Å². The number of hydrogen-bond acceptors (Lipinski definition) is 8. The molecule has 4 rings (SSSR count). The number of nitriles is 1. The summed E-state index contributed by atoms with van der Waals surface area (Å²) in [5, 5.41) is 31.3. The third kappa shape index (κ3) is 4.10. The average molecular weight is 429 g/mol. The van der Waals surface area contributed by atoms with Crippen molar-refractivity contribution in [2.75, 3.05) is 18.0 Å². The lowest BCUT2D eigenvalue weighted by atomic mass is 9.75. The average Bonchev–Trinajstić information content (AvgIpc) is 3.26. The quantitative estimate of drug-likeness (QED) is 0.659. The van der Waals surface area contributed by atoms with Crippen molar-refractivity contribution in [2.24, 2.45) is 5.41 Å². The van der Waals surface area contributed by atoms with E-state index in [1.54, 1.807) is 12.1 Å². The molecule has 1 fully saturated rings. The summed E-state index contributed by atoms with van der Waals surface area (Å²) in [6, 6.07) is 10.2. The van der Waals surface area contributed by atoms with Gasteiger partial charge in [0.25, 0.3) is 5.89 Å². The Balaban J connectivity index is 1.44. The molecule has 8 nitrogen and oxygen atoms in total. The van der Waals surface area contributed by atoms with E-state index in [9.17, 15) is 9.65 Å². The SMILES string of the molecule is N#CC1(Cc2cc(F)ccc2Cl)CCN(c2ccc(-c3nc(CO)no3)nn2)CC1. The van der Waals surface area contributed by atoms with Crippen LogP contribution in [0.5, 0.6) is 0 Å². The number of aliphatic hydroxyl groups excluding tert-OH is 1. The van der Waals surface area contributed by atoms with E-state index in [-0.39, 0.29) is 24.1 Å². The van der Waals surface area contributed by atoms with E-state index in [2.05, 4.69) is 26.4 Å². The number of aliphatic hydroxyl groups is 1. The second-order valence-electron chi connectivity index (χ2n) is 7.24. The minimum atomic E-state index is -0.605. The summed E-state index contributed by atoms with van der Waals surface area (Å²) in [4.78, 5) is 6.06. The van der Waals surface area contributed by atoms with Crippen molar-refractivity contribution >= 4 is 17.4 Å². The number of halogens is 2. The van der Waals surface area contributed by atoms with Crippen molar-refractivity contribution < 1.29 is 14.0 Å². The molecule has 0 atom stereocenters. The maximum atomic E-state index is 13.6. The Bertz CT molecular complexity index is 1070. The zero-order valence-corrected chi connectivity index (χ0v) is 16.7. The predicted molar refractivity (Wildman–Crippen MR) is 106 cm³/mol. The zero-order chi connectivity index (χ0) is 21.1. The minimum Gasteiger partial charge on any atom is -0.388 e. The van der Waals surface area contributed by atoms with Crippen LogP contribution in [0, 0.1) is 22.6 Å². The molecule has 154 valence electrons. The van der Waals surface area contributed by atoms with E-state index < -0.39 is 5.41 Å². The third-order valence-corrected chi connectivity index (χ3v) is 5.67. The molecule has 1 aliphatic rings. The number of rotatable bonds is 5. The van der Waals surface area contributed by atoms with Gasteiger partial charge in [-0.2, -0.15) is 10.2 Å². The van der Waals surface area contributed by atoms with Crippen molar-refractivity contribution in [3.05, 3.63) is 52.6 Å². The molecule has 3 aromatic rings. The van der Waals surface area contributed by atoms with Crippen molar-refractivity contribution in [3.8, 4) is 17.7 Å². The van der Waals surface area contributed by atoms with Gasteiger partial charge in [0, 0.05) is 18.1 Å². The molecule has 1 N–H and O–H groups in total. The Kier molecular flexibility index (Phi) is 5.61. The lowest BCUT2D eigenvalue weighted by Gasteiger charge is -2.38. The van der Waals surface area contributed by atoms with Crippen LogP contribution in [0.1, 0.15) is 24.2 Å². The van der Waals surface area contributed by atoms with Gasteiger partial charge in [0.05, 0.1) is 11.5 Å². The van der Waals surface area contributed by atoms with Crippen LogP contribution < -0.4 is 4.90 Å². The summed E-state index contributed by atoms with van der Waals surface area (Å²) >= 11 is 6.20. The maximum Gasteiger partial charge on any atom is 0.278 e. The normalized spacial score (nSPS) is 15.7. The number of benzene rings is 1. The van der Waals surface area contributed by atoms with E-state index in [0.717, 1.165) is 0 Å². The first-order valence-corrected chi connectivity index (χ1v) is 9.77. The first kappa shape index (κ1) is 20.2. The summed E-state index contributed by atoms with van der Waals surface area (Å²) in [6.07, 6.45) is 1.61. The Morgan fingerprint density at radius 1 is 1.23 bits per heavy atom. The second-order valence-corrected chi connectivity index (χ2v) is 7.65. The molecule has 0 unspecified atom stereocenters. The second kappa shape index (κ2) is 8.34. The molecule has 2 aromatic heterocycles. The van der Waals surface area contributed by atoms with E-state index >= 15 is 0 Å². The maximum absolute atomic E-state index is 13.6. The summed E-state index contributed by atoms with van der Waals surface area (Å²) in [5.41, 5.74) is 0.457. The van der Waals surface area contributed by atoms with Gasteiger partial charge >= 0.3 is 0 Å². The van der Waals surface area contributed by atoms with Crippen molar-refractivity contribution in [1.82, 2.24) is 20.3 Å². The fourth-order valence-electron chi connectivity index (χ4n) is 3.57. The summed E-state index contributed by atoms with van der Waals surface area (Å²) in [6.45, 7) is 0.914. The number of piperidine rings is 1. The van der Waals surface area contributed by atoms with Crippen LogP contribution in [-0.4, -0.2) is 38.5 Å². The van der Waals surface area contributed by atoms with Gasteiger partial charge in [0.2, 0.25) is 0 Å². The monoisotopic (exact) mass is 428 g/mol. The van der Waals surface area contributed by atoms with Crippen molar-refractivity contribution in [2.45, 2.75) is 25.9 Å². The van der Waals surface area contributed by atoms with Gasteiger partial charge < -0.3 is 14.5 Å². The van der Waals surface area contributed by atoms with E-state index in [1.165, 1.54) is 18.2 Å². The van der Waals surface area contributed by atoms with Gasteiger partial charge in [-0.15, -0.1) is 10.2 Å². The smallest absolute Gasteiger partial charge is 0.278 e. The molecule has 0 saturated carbocycles. The van der Waals surface area contributed by atoms with Crippen LogP contribution in [0.2, 0.25) is 5.02 Å². The lowest BCUT2D eigenvalue weighted by Crippen LogP contribution is -2.41. The van der Waals surface area contributed by atoms with Gasteiger partial charge in [-0.25, -0.2) is 4.39 Å². The predicted octanol–water partition coefficient (Wildman–Crippen LogP) is 3.16. The molecule has 3 heterocycles. The molecule has 1 saturated heterocycles. The molecule has 0 amide bonds. The van der Waals surface area contributed by atoms with Gasteiger partial charge in [0.15, 0.2) is 17.3 Å². The summed E-state index contributed by atoms with van der Waals surface area (Å²) in [7, 11) is 0. The molecule has 30 heavy (non-hydrogen) atoms. The molecule has 1 aliphatic heterocycles. The van der Waals surface area contributed by atoms with Crippen LogP contribution in [0.15, 0.2) is 34.9 Å². The van der Waals surface area contributed by atoms with Gasteiger partial charge in [-0.3, -0.25) is 0 Å². The Hall–Kier alpha value is -3.09. The van der Waals surface area contributed by atoms with Gasteiger partial charge in [-0.1, -0.05) is 16.8 Å². The minimum absolute atomic E-state index is 0.179. The summed E-state index contributed by atoms with van der Waals surface area (Å²) in [5.74, 6) is 0.684. The van der Waals surface area contributed by atoms with Crippen LogP contribution in [0.3, 0.4) is 0 Å². The van der Waals surface area contributed by atoms with Crippen LogP contribution in [0.4, 0.5) is 10.2 Å². The van der Waals surface area contributed by atoms with Gasteiger partial charge in [0.1, 0.15) is 12.4 Å². The number of nitrogens with zero attached hydrogens (tertiary/aromatic N) is 6. The van der Waals surface area contributed by atoms with Gasteiger partial charge in [-0.05, 0) is 55.2 Å². The van der Waals surface area contributed by atoms with Crippen LogP contribution >= 0.6 is 11.6 Å². The Morgan fingerprint density at radius 2 is 2.03 bits per heavy atom. The molecular weight excluding hydrogens is 411 g/mol. The molecule has 0 aliphatic carbocycles. The zero-order valence-electron chi connectivity index (χ0n) is 15.9. The molecule has 10 heteroatoms. The number of anilines is 1. The lowest BCUT2D eigenvalue weighted by molar-refractivity contribution is 0.264. The Labute approximate surface area is 176 Å². The first-order chi connectivity index (χ1) is 14.5. The first-order valence-electron chi connectivity index (χ1n) is 9.40. The van der Waals surface area contributed by atoms with E-state index in [0.29, 0.717) is 54.4 Å². The molecule has 1 aromatic carbocycles. The number of aromatic nitrogens is 4. The molecule has 0 bridgehead atoms. The Morgan fingerprint density at radius 3 is 2.67 bits per heavy atom. The molecule has 0 spiro atoms. The highest BCUT2D eigenvalue weighted by atomic mass is 35.5.